The number of ketones is 1. The van der Waals surface area contributed by atoms with E-state index in [4.69, 9.17) is 27.9 Å². The number of benzene rings is 1. The number of halogens is 4. The highest BCUT2D eigenvalue weighted by Crippen LogP contribution is 2.37. The molecule has 0 aliphatic carbocycles. The molecular formula is C10H8Cl2F2O2. The Bertz CT molecular complexity index is 428. The molecule has 0 bridgehead atoms. The van der Waals surface area contributed by atoms with Gasteiger partial charge in [-0.2, -0.15) is 8.78 Å². The van der Waals surface area contributed by atoms with Crippen molar-refractivity contribution in [1.29, 1.82) is 0 Å². The summed E-state index contributed by atoms with van der Waals surface area (Å²) >= 11 is 11.5. The van der Waals surface area contributed by atoms with E-state index in [0.29, 0.717) is 6.92 Å². The maximum absolute atomic E-state index is 12.8. The lowest BCUT2D eigenvalue weighted by atomic mass is 10.1. The molecule has 0 unspecified atom stereocenters. The van der Waals surface area contributed by atoms with E-state index in [1.54, 1.807) is 0 Å². The molecule has 1 aromatic rings. The molecule has 0 amide bonds. The third-order valence-corrected chi connectivity index (χ3v) is 2.57. The van der Waals surface area contributed by atoms with Crippen LogP contribution < -0.4 is 4.74 Å². The van der Waals surface area contributed by atoms with Crippen LogP contribution in [-0.2, 0) is 0 Å². The molecule has 1 aromatic carbocycles. The maximum Gasteiger partial charge on any atom is 0.307 e. The molecular weight excluding hydrogens is 261 g/mol. The van der Waals surface area contributed by atoms with Gasteiger partial charge in [0.1, 0.15) is 0 Å². The zero-order chi connectivity index (χ0) is 12.5. The summed E-state index contributed by atoms with van der Waals surface area (Å²) in [7, 11) is 1.28. The lowest BCUT2D eigenvalue weighted by Gasteiger charge is -2.13. The van der Waals surface area contributed by atoms with Gasteiger partial charge in [-0.3, -0.25) is 4.79 Å². The van der Waals surface area contributed by atoms with E-state index >= 15 is 0 Å². The highest BCUT2D eigenvalue weighted by atomic mass is 35.5. The Labute approximate surface area is 101 Å². The van der Waals surface area contributed by atoms with E-state index in [0.717, 1.165) is 6.07 Å². The quantitative estimate of drug-likeness (QED) is 0.779. The van der Waals surface area contributed by atoms with Crippen LogP contribution in [0.15, 0.2) is 12.1 Å². The summed E-state index contributed by atoms with van der Waals surface area (Å²) in [5, 5.41) is -0.0509. The molecule has 0 saturated heterocycles. The van der Waals surface area contributed by atoms with Crippen molar-refractivity contribution in [2.45, 2.75) is 12.8 Å². The van der Waals surface area contributed by atoms with Gasteiger partial charge in [0.2, 0.25) is 5.78 Å². The molecule has 0 aliphatic heterocycles. The highest BCUT2D eigenvalue weighted by Gasteiger charge is 2.35. The Kier molecular flexibility index (Phi) is 3.76. The van der Waals surface area contributed by atoms with Crippen molar-refractivity contribution in [2.75, 3.05) is 7.11 Å². The van der Waals surface area contributed by atoms with Gasteiger partial charge in [-0.25, -0.2) is 0 Å². The molecule has 0 spiro atoms. The number of hydrogen-bond donors (Lipinski definition) is 0. The van der Waals surface area contributed by atoms with Crippen molar-refractivity contribution in [3.63, 3.8) is 0 Å². The van der Waals surface area contributed by atoms with Crippen LogP contribution in [0.25, 0.3) is 0 Å². The average Bonchev–Trinajstić information content (AvgIpc) is 2.16. The van der Waals surface area contributed by atoms with Crippen molar-refractivity contribution in [2.24, 2.45) is 0 Å². The van der Waals surface area contributed by atoms with Crippen LogP contribution in [-0.4, -0.2) is 18.8 Å². The smallest absolute Gasteiger partial charge is 0.307 e. The first-order valence-corrected chi connectivity index (χ1v) is 4.99. The first kappa shape index (κ1) is 13.2. The van der Waals surface area contributed by atoms with E-state index < -0.39 is 11.7 Å². The predicted octanol–water partition coefficient (Wildman–Crippen LogP) is 3.84. The highest BCUT2D eigenvalue weighted by molar-refractivity contribution is 6.39. The molecule has 0 heterocycles. The van der Waals surface area contributed by atoms with Crippen LogP contribution in [0.4, 0.5) is 8.78 Å². The van der Waals surface area contributed by atoms with Crippen LogP contribution >= 0.6 is 23.2 Å². The Morgan fingerprint density at radius 3 is 2.38 bits per heavy atom. The van der Waals surface area contributed by atoms with E-state index in [2.05, 4.69) is 0 Å². The number of Topliss-reactive ketones (excluding diaryl/α,β-unsaturated/α-hetero) is 1. The fourth-order valence-electron chi connectivity index (χ4n) is 1.13. The van der Waals surface area contributed by atoms with Gasteiger partial charge in [-0.15, -0.1) is 0 Å². The summed E-state index contributed by atoms with van der Waals surface area (Å²) in [6.07, 6.45) is 0. The van der Waals surface area contributed by atoms with Gasteiger partial charge in [0.05, 0.1) is 17.2 Å². The first-order chi connectivity index (χ1) is 7.29. The molecule has 0 aromatic heterocycles. The Balaban J connectivity index is 3.32. The zero-order valence-corrected chi connectivity index (χ0v) is 9.99. The second-order valence-electron chi connectivity index (χ2n) is 3.16. The number of carbonyl (C=O) groups excluding carboxylic acids is 1. The van der Waals surface area contributed by atoms with Crippen LogP contribution in [0, 0.1) is 0 Å². The van der Waals surface area contributed by atoms with E-state index in [1.165, 1.54) is 13.2 Å². The topological polar surface area (TPSA) is 26.3 Å². The number of carbonyl (C=O) groups is 1. The molecule has 88 valence electrons. The Morgan fingerprint density at radius 1 is 1.38 bits per heavy atom. The molecule has 0 atom stereocenters. The van der Waals surface area contributed by atoms with Gasteiger partial charge in [-0.1, -0.05) is 23.2 Å². The molecule has 16 heavy (non-hydrogen) atoms. The minimum absolute atomic E-state index is 0.0124. The summed E-state index contributed by atoms with van der Waals surface area (Å²) in [6.45, 7) is 0.507. The van der Waals surface area contributed by atoms with Gasteiger partial charge in [0.15, 0.2) is 5.75 Å². The Morgan fingerprint density at radius 2 is 1.94 bits per heavy atom. The van der Waals surface area contributed by atoms with Crippen molar-refractivity contribution in [1.82, 2.24) is 0 Å². The summed E-state index contributed by atoms with van der Waals surface area (Å²) in [5.41, 5.74) is -0.310. The third-order valence-electron chi connectivity index (χ3n) is 1.90. The van der Waals surface area contributed by atoms with Crippen molar-refractivity contribution >= 4 is 29.0 Å². The molecule has 0 aliphatic rings. The number of methoxy groups -OCH3 is 1. The standard InChI is InChI=1S/C10H8Cl2F2O2/c1-10(13,14)9(15)5-3-4-6(11)8(16-2)7(5)12/h3-4H,1-2H3. The minimum atomic E-state index is -3.48. The SMILES string of the molecule is COc1c(Cl)ccc(C(=O)C(C)(F)F)c1Cl. The van der Waals surface area contributed by atoms with Gasteiger partial charge >= 0.3 is 5.92 Å². The number of rotatable bonds is 3. The summed E-state index contributed by atoms with van der Waals surface area (Å²) in [5.74, 6) is -4.84. The summed E-state index contributed by atoms with van der Waals surface area (Å²) in [6, 6.07) is 2.43. The fourth-order valence-corrected chi connectivity index (χ4v) is 1.74. The summed E-state index contributed by atoms with van der Waals surface area (Å²) in [4.78, 5) is 11.3. The Hall–Kier alpha value is -0.870. The van der Waals surface area contributed by atoms with Crippen molar-refractivity contribution in [3.8, 4) is 5.75 Å². The van der Waals surface area contributed by atoms with Gasteiger partial charge in [0, 0.05) is 12.5 Å². The van der Waals surface area contributed by atoms with Crippen LogP contribution in [0.2, 0.25) is 10.0 Å². The van der Waals surface area contributed by atoms with E-state index in [1.807, 2.05) is 0 Å². The number of alkyl halides is 2. The molecule has 0 N–H and O–H groups in total. The van der Waals surface area contributed by atoms with Crippen molar-refractivity contribution in [3.05, 3.63) is 27.7 Å². The zero-order valence-electron chi connectivity index (χ0n) is 8.48. The molecule has 2 nitrogen and oxygen atoms in total. The predicted molar refractivity (Wildman–Crippen MR) is 58.0 cm³/mol. The van der Waals surface area contributed by atoms with Crippen LogP contribution in [0.5, 0.6) is 5.75 Å². The molecule has 0 radical (unpaired) electrons. The lowest BCUT2D eigenvalue weighted by molar-refractivity contribution is 0.0221. The maximum atomic E-state index is 12.8. The number of ether oxygens (including phenoxy) is 1. The summed E-state index contributed by atoms with van der Waals surface area (Å²) < 4.78 is 30.5. The number of hydrogen-bond acceptors (Lipinski definition) is 2. The van der Waals surface area contributed by atoms with Crippen molar-refractivity contribution < 1.29 is 18.3 Å². The normalized spacial score (nSPS) is 11.4. The first-order valence-electron chi connectivity index (χ1n) is 4.23. The van der Waals surface area contributed by atoms with E-state index in [9.17, 15) is 13.6 Å². The van der Waals surface area contributed by atoms with Crippen LogP contribution in [0.3, 0.4) is 0 Å². The minimum Gasteiger partial charge on any atom is -0.494 e. The van der Waals surface area contributed by atoms with E-state index in [-0.39, 0.29) is 21.4 Å². The largest absolute Gasteiger partial charge is 0.494 e. The third kappa shape index (κ3) is 2.44. The van der Waals surface area contributed by atoms with Gasteiger partial charge in [-0.05, 0) is 12.1 Å². The molecule has 1 rings (SSSR count). The molecule has 6 heteroatoms. The second-order valence-corrected chi connectivity index (χ2v) is 3.94. The monoisotopic (exact) mass is 268 g/mol. The molecule has 0 saturated carbocycles. The fraction of sp³-hybridized carbons (Fsp3) is 0.300. The average molecular weight is 269 g/mol. The van der Waals surface area contributed by atoms with Gasteiger partial charge < -0.3 is 4.74 Å². The molecule has 0 fully saturated rings. The second kappa shape index (κ2) is 4.55. The lowest BCUT2D eigenvalue weighted by Crippen LogP contribution is -2.24. The van der Waals surface area contributed by atoms with Crippen LogP contribution in [0.1, 0.15) is 17.3 Å². The van der Waals surface area contributed by atoms with Gasteiger partial charge in [0.25, 0.3) is 0 Å².